The number of hydrogen-bond donors (Lipinski definition) is 0. The number of nitrogens with zero attached hydrogens (tertiary/aromatic N) is 2. The number of fused-ring (bicyclic) bond motifs is 1. The third-order valence-electron chi connectivity index (χ3n) is 2.05. The topological polar surface area (TPSA) is 43.6 Å². The molecule has 5 heteroatoms. The van der Waals surface area contributed by atoms with Gasteiger partial charge in [-0.15, -0.1) is 0 Å². The van der Waals surface area contributed by atoms with E-state index in [0.29, 0.717) is 5.69 Å². The molecule has 0 saturated carbocycles. The van der Waals surface area contributed by atoms with Crippen LogP contribution in [0.25, 0.3) is 5.65 Å². The molecule has 2 rings (SSSR count). The second-order valence-corrected chi connectivity index (χ2v) is 5.81. The first-order chi connectivity index (χ1) is 7.87. The summed E-state index contributed by atoms with van der Waals surface area (Å²) in [7, 11) is 0. The zero-order chi connectivity index (χ0) is 12.6. The van der Waals surface area contributed by atoms with Crippen LogP contribution in [0.4, 0.5) is 0 Å². The summed E-state index contributed by atoms with van der Waals surface area (Å²) in [6.45, 7) is 5.51. The number of esters is 1. The van der Waals surface area contributed by atoms with Crippen LogP contribution in [-0.2, 0) is 4.74 Å². The highest BCUT2D eigenvalue weighted by Gasteiger charge is 2.20. The van der Waals surface area contributed by atoms with E-state index < -0.39 is 11.6 Å². The van der Waals surface area contributed by atoms with E-state index in [1.165, 1.54) is 0 Å². The SMILES string of the molecule is CC(C)(C)OC(=O)c1cn2c(I)cccc2n1. The van der Waals surface area contributed by atoms with Crippen LogP contribution < -0.4 is 0 Å². The van der Waals surface area contributed by atoms with Crippen LogP contribution in [0.5, 0.6) is 0 Å². The summed E-state index contributed by atoms with van der Waals surface area (Å²) in [6, 6.07) is 5.72. The third-order valence-corrected chi connectivity index (χ3v) is 2.93. The molecule has 2 heterocycles. The molecular weight excluding hydrogens is 331 g/mol. The third kappa shape index (κ3) is 2.77. The fourth-order valence-corrected chi connectivity index (χ4v) is 2.00. The summed E-state index contributed by atoms with van der Waals surface area (Å²) in [5.74, 6) is -0.392. The van der Waals surface area contributed by atoms with Gasteiger partial charge in [-0.05, 0) is 55.5 Å². The molecule has 0 saturated heterocycles. The van der Waals surface area contributed by atoms with Crippen molar-refractivity contribution in [2.24, 2.45) is 0 Å². The number of halogens is 1. The number of hydrogen-bond acceptors (Lipinski definition) is 3. The molecule has 0 aromatic carbocycles. The Bertz CT molecular complexity index is 569. The Hall–Kier alpha value is -1.11. The van der Waals surface area contributed by atoms with E-state index in [-0.39, 0.29) is 0 Å². The standard InChI is InChI=1S/C12H13IN2O2/c1-12(2,3)17-11(16)8-7-15-9(13)5-4-6-10(15)14-8/h4-7H,1-3H3. The van der Waals surface area contributed by atoms with Crippen LogP contribution in [0.1, 0.15) is 31.3 Å². The van der Waals surface area contributed by atoms with Crippen molar-refractivity contribution in [2.45, 2.75) is 26.4 Å². The van der Waals surface area contributed by atoms with Gasteiger partial charge in [-0.1, -0.05) is 6.07 Å². The zero-order valence-corrected chi connectivity index (χ0v) is 12.1. The number of carbonyl (C=O) groups excluding carboxylic acids is 1. The molecule has 0 bridgehead atoms. The second kappa shape index (κ2) is 4.29. The molecule has 0 aliphatic heterocycles. The van der Waals surface area contributed by atoms with Crippen LogP contribution in [0, 0.1) is 3.70 Å². The normalized spacial score (nSPS) is 11.8. The minimum atomic E-state index is -0.500. The maximum absolute atomic E-state index is 11.8. The van der Waals surface area contributed by atoms with Gasteiger partial charge >= 0.3 is 5.97 Å². The minimum Gasteiger partial charge on any atom is -0.455 e. The van der Waals surface area contributed by atoms with Gasteiger partial charge in [-0.25, -0.2) is 9.78 Å². The highest BCUT2D eigenvalue weighted by Crippen LogP contribution is 2.14. The number of imidazole rings is 1. The Balaban J connectivity index is 2.37. The summed E-state index contributed by atoms with van der Waals surface area (Å²) in [5.41, 5.74) is 0.585. The first-order valence-electron chi connectivity index (χ1n) is 5.24. The van der Waals surface area contributed by atoms with Crippen molar-refractivity contribution < 1.29 is 9.53 Å². The van der Waals surface area contributed by atoms with Gasteiger partial charge < -0.3 is 4.74 Å². The molecule has 0 N–H and O–H groups in total. The molecule has 0 atom stereocenters. The predicted molar refractivity (Wildman–Crippen MR) is 73.1 cm³/mol. The molecule has 2 aromatic heterocycles. The maximum Gasteiger partial charge on any atom is 0.359 e. The molecule has 0 unspecified atom stereocenters. The monoisotopic (exact) mass is 344 g/mol. The maximum atomic E-state index is 11.8. The van der Waals surface area contributed by atoms with Gasteiger partial charge in [-0.2, -0.15) is 0 Å². The Morgan fingerprint density at radius 2 is 2.12 bits per heavy atom. The average Bonchev–Trinajstić information content (AvgIpc) is 2.60. The molecule has 0 aliphatic carbocycles. The smallest absolute Gasteiger partial charge is 0.359 e. The molecule has 2 aromatic rings. The van der Waals surface area contributed by atoms with Crippen molar-refractivity contribution in [3.8, 4) is 0 Å². The fourth-order valence-electron chi connectivity index (χ4n) is 1.41. The van der Waals surface area contributed by atoms with Crippen molar-refractivity contribution in [3.63, 3.8) is 0 Å². The van der Waals surface area contributed by atoms with Gasteiger partial charge in [0.15, 0.2) is 5.69 Å². The zero-order valence-electron chi connectivity index (χ0n) is 9.90. The van der Waals surface area contributed by atoms with Crippen LogP contribution >= 0.6 is 22.6 Å². The van der Waals surface area contributed by atoms with E-state index in [9.17, 15) is 4.79 Å². The molecule has 17 heavy (non-hydrogen) atoms. The van der Waals surface area contributed by atoms with Crippen molar-refractivity contribution in [1.82, 2.24) is 9.38 Å². The van der Waals surface area contributed by atoms with Gasteiger partial charge in [0, 0.05) is 6.20 Å². The van der Waals surface area contributed by atoms with E-state index in [0.717, 1.165) is 9.35 Å². The van der Waals surface area contributed by atoms with E-state index in [1.807, 2.05) is 43.4 Å². The quantitative estimate of drug-likeness (QED) is 0.454. The van der Waals surface area contributed by atoms with Gasteiger partial charge in [0.25, 0.3) is 0 Å². The van der Waals surface area contributed by atoms with Crippen molar-refractivity contribution >= 4 is 34.2 Å². The number of rotatable bonds is 1. The molecule has 0 fully saturated rings. The first-order valence-corrected chi connectivity index (χ1v) is 6.32. The van der Waals surface area contributed by atoms with Gasteiger partial charge in [0.2, 0.25) is 0 Å². The lowest BCUT2D eigenvalue weighted by atomic mass is 10.2. The molecule has 90 valence electrons. The largest absolute Gasteiger partial charge is 0.455 e. The van der Waals surface area contributed by atoms with Crippen LogP contribution in [0.15, 0.2) is 24.4 Å². The number of aromatic nitrogens is 2. The summed E-state index contributed by atoms with van der Waals surface area (Å²) in [5, 5.41) is 0. The van der Waals surface area contributed by atoms with E-state index in [1.54, 1.807) is 6.20 Å². The molecule has 0 amide bonds. The van der Waals surface area contributed by atoms with Crippen LogP contribution in [0.3, 0.4) is 0 Å². The fraction of sp³-hybridized carbons (Fsp3) is 0.333. The second-order valence-electron chi connectivity index (χ2n) is 4.70. The van der Waals surface area contributed by atoms with E-state index in [4.69, 9.17) is 4.74 Å². The van der Waals surface area contributed by atoms with Crippen molar-refractivity contribution in [1.29, 1.82) is 0 Å². The van der Waals surface area contributed by atoms with Gasteiger partial charge in [0.05, 0.1) is 3.70 Å². The lowest BCUT2D eigenvalue weighted by Crippen LogP contribution is -2.24. The molecule has 4 nitrogen and oxygen atoms in total. The summed E-state index contributed by atoms with van der Waals surface area (Å²) in [6.07, 6.45) is 1.70. The minimum absolute atomic E-state index is 0.337. The highest BCUT2D eigenvalue weighted by atomic mass is 127. The van der Waals surface area contributed by atoms with Gasteiger partial charge in [0.1, 0.15) is 11.2 Å². The van der Waals surface area contributed by atoms with E-state index >= 15 is 0 Å². The molecule has 0 aliphatic rings. The van der Waals surface area contributed by atoms with Crippen LogP contribution in [-0.4, -0.2) is 21.0 Å². The van der Waals surface area contributed by atoms with Crippen molar-refractivity contribution in [2.75, 3.05) is 0 Å². The number of carbonyl (C=O) groups is 1. The van der Waals surface area contributed by atoms with Crippen LogP contribution in [0.2, 0.25) is 0 Å². The summed E-state index contributed by atoms with van der Waals surface area (Å²) < 4.78 is 8.14. The van der Waals surface area contributed by atoms with Gasteiger partial charge in [-0.3, -0.25) is 4.40 Å². The number of pyridine rings is 1. The first kappa shape index (κ1) is 12.3. The number of ether oxygens (including phenoxy) is 1. The average molecular weight is 344 g/mol. The van der Waals surface area contributed by atoms with Crippen molar-refractivity contribution in [3.05, 3.63) is 33.8 Å². The summed E-state index contributed by atoms with van der Waals surface area (Å²) >= 11 is 2.19. The highest BCUT2D eigenvalue weighted by molar-refractivity contribution is 14.1. The molecule has 0 spiro atoms. The Labute approximate surface area is 113 Å². The lowest BCUT2D eigenvalue weighted by molar-refractivity contribution is 0.00636. The molecule has 0 radical (unpaired) electrons. The Morgan fingerprint density at radius 3 is 2.71 bits per heavy atom. The Kier molecular flexibility index (Phi) is 3.11. The summed E-state index contributed by atoms with van der Waals surface area (Å²) in [4.78, 5) is 16.1. The lowest BCUT2D eigenvalue weighted by Gasteiger charge is -2.18. The molecular formula is C12H13IN2O2. The van der Waals surface area contributed by atoms with E-state index in [2.05, 4.69) is 27.6 Å². The Morgan fingerprint density at radius 1 is 1.41 bits per heavy atom. The predicted octanol–water partition coefficient (Wildman–Crippen LogP) is 2.89.